The first-order valence-corrected chi connectivity index (χ1v) is 10.7. The second-order valence-corrected chi connectivity index (χ2v) is 7.83. The number of nitrogens with zero attached hydrogens (tertiary/aromatic N) is 2. The molecule has 12 heteroatoms. The Kier molecular flexibility index (Phi) is 6.44. The summed E-state index contributed by atoms with van der Waals surface area (Å²) in [7, 11) is 0. The molecule has 0 saturated carbocycles. The number of fused-ring (bicyclic) bond motifs is 1. The van der Waals surface area contributed by atoms with Crippen LogP contribution in [0.25, 0.3) is 0 Å². The van der Waals surface area contributed by atoms with Crippen LogP contribution >= 0.6 is 0 Å². The molecule has 1 atom stereocenters. The van der Waals surface area contributed by atoms with Crippen molar-refractivity contribution in [1.82, 2.24) is 9.97 Å². The number of amides is 2. The molecule has 2 aromatic carbocycles. The number of aryl methyl sites for hydroxylation is 1. The SMILES string of the molecule is CCOc1cc([N+](=O)[O-])ccc1NC(=O)C1CC(=O)Nc2nc(Nc3ccc(C)cc3)[nH]c(=O)c21. The van der Waals surface area contributed by atoms with Crippen LogP contribution in [0, 0.1) is 17.0 Å². The number of carbonyl (C=O) groups is 2. The zero-order valence-electron chi connectivity index (χ0n) is 18.9. The maximum atomic E-state index is 13.1. The number of nitro benzene ring substituents is 1. The van der Waals surface area contributed by atoms with E-state index in [4.69, 9.17) is 4.74 Å². The third-order valence-electron chi connectivity index (χ3n) is 5.32. The monoisotopic (exact) mass is 478 g/mol. The van der Waals surface area contributed by atoms with E-state index in [0.29, 0.717) is 5.69 Å². The standard InChI is InChI=1S/C23H22N6O6/c1-3-35-17-10-14(29(33)34)8-9-16(17)25-21(31)15-11-18(30)26-20-19(15)22(32)28-23(27-20)24-13-6-4-12(2)5-7-13/h4-10,15H,3,11H2,1-2H3,(H,25,31)(H3,24,26,27,28,30,32). The molecule has 1 unspecified atom stereocenters. The fourth-order valence-electron chi connectivity index (χ4n) is 3.65. The zero-order chi connectivity index (χ0) is 25.1. The summed E-state index contributed by atoms with van der Waals surface area (Å²) in [5, 5.41) is 19.2. The summed E-state index contributed by atoms with van der Waals surface area (Å²) in [5.74, 6) is -2.08. The highest BCUT2D eigenvalue weighted by Gasteiger charge is 2.35. The van der Waals surface area contributed by atoms with Gasteiger partial charge >= 0.3 is 0 Å². The van der Waals surface area contributed by atoms with Crippen LogP contribution in [-0.2, 0) is 9.59 Å². The first kappa shape index (κ1) is 23.4. The molecule has 0 fully saturated rings. The Morgan fingerprint density at radius 1 is 1.23 bits per heavy atom. The molecule has 180 valence electrons. The molecule has 0 saturated heterocycles. The van der Waals surface area contributed by atoms with Crippen molar-refractivity contribution in [2.75, 3.05) is 22.6 Å². The number of aromatic nitrogens is 2. The second-order valence-electron chi connectivity index (χ2n) is 7.83. The molecular weight excluding hydrogens is 456 g/mol. The highest BCUT2D eigenvalue weighted by atomic mass is 16.6. The van der Waals surface area contributed by atoms with Gasteiger partial charge in [0.1, 0.15) is 11.6 Å². The molecule has 4 N–H and O–H groups in total. The maximum Gasteiger partial charge on any atom is 0.273 e. The lowest BCUT2D eigenvalue weighted by Crippen LogP contribution is -2.36. The summed E-state index contributed by atoms with van der Waals surface area (Å²) >= 11 is 0. The molecule has 1 aliphatic heterocycles. The molecule has 35 heavy (non-hydrogen) atoms. The molecule has 4 rings (SSSR count). The average molecular weight is 478 g/mol. The highest BCUT2D eigenvalue weighted by Crippen LogP contribution is 2.33. The summed E-state index contributed by atoms with van der Waals surface area (Å²) in [5.41, 5.74) is 1.14. The Hall–Kier alpha value is -4.74. The number of anilines is 4. The molecule has 0 radical (unpaired) electrons. The topological polar surface area (TPSA) is 168 Å². The third-order valence-corrected chi connectivity index (χ3v) is 5.32. The molecule has 0 bridgehead atoms. The van der Waals surface area contributed by atoms with Gasteiger partial charge in [0.15, 0.2) is 0 Å². The predicted molar refractivity (Wildman–Crippen MR) is 128 cm³/mol. The minimum absolute atomic E-state index is 0.0106. The highest BCUT2D eigenvalue weighted by molar-refractivity contribution is 6.05. The van der Waals surface area contributed by atoms with E-state index in [-0.39, 0.29) is 47.5 Å². The van der Waals surface area contributed by atoms with Crippen LogP contribution in [0.2, 0.25) is 0 Å². The van der Waals surface area contributed by atoms with E-state index in [1.807, 2.05) is 31.2 Å². The van der Waals surface area contributed by atoms with Gasteiger partial charge in [-0.15, -0.1) is 0 Å². The Balaban J connectivity index is 1.63. The fraction of sp³-hybridized carbons (Fsp3) is 0.217. The van der Waals surface area contributed by atoms with E-state index in [1.54, 1.807) is 6.92 Å². The van der Waals surface area contributed by atoms with Gasteiger partial charge in [-0.05, 0) is 32.0 Å². The number of aromatic amines is 1. The Labute approximate surface area is 198 Å². The average Bonchev–Trinajstić information content (AvgIpc) is 2.81. The number of hydrogen-bond acceptors (Lipinski definition) is 8. The van der Waals surface area contributed by atoms with Gasteiger partial charge in [0.05, 0.1) is 34.8 Å². The van der Waals surface area contributed by atoms with Gasteiger partial charge in [-0.3, -0.25) is 29.5 Å². The van der Waals surface area contributed by atoms with Gasteiger partial charge in [-0.1, -0.05) is 17.7 Å². The number of non-ortho nitro benzene ring substituents is 1. The van der Waals surface area contributed by atoms with E-state index in [1.165, 1.54) is 18.2 Å². The smallest absolute Gasteiger partial charge is 0.273 e. The molecule has 0 aliphatic carbocycles. The van der Waals surface area contributed by atoms with E-state index < -0.39 is 28.2 Å². The zero-order valence-corrected chi connectivity index (χ0v) is 18.9. The Morgan fingerprint density at radius 3 is 2.66 bits per heavy atom. The molecule has 12 nitrogen and oxygen atoms in total. The van der Waals surface area contributed by atoms with Gasteiger partial charge in [-0.25, -0.2) is 0 Å². The van der Waals surface area contributed by atoms with Crippen molar-refractivity contribution in [3.05, 3.63) is 74.1 Å². The summed E-state index contributed by atoms with van der Waals surface area (Å²) in [6, 6.07) is 11.1. The van der Waals surface area contributed by atoms with Crippen molar-refractivity contribution in [1.29, 1.82) is 0 Å². The Bertz CT molecular complexity index is 1370. The predicted octanol–water partition coefficient (Wildman–Crippen LogP) is 3.19. The summed E-state index contributed by atoms with van der Waals surface area (Å²) in [6.45, 7) is 3.84. The molecule has 1 aliphatic rings. The van der Waals surface area contributed by atoms with E-state index in [0.717, 1.165) is 5.56 Å². The fourth-order valence-corrected chi connectivity index (χ4v) is 3.65. The molecule has 3 aromatic rings. The summed E-state index contributed by atoms with van der Waals surface area (Å²) in [6.07, 6.45) is -0.273. The number of ether oxygens (including phenoxy) is 1. The van der Waals surface area contributed by atoms with Gasteiger partial charge in [0.25, 0.3) is 11.2 Å². The van der Waals surface area contributed by atoms with Crippen LogP contribution in [0.1, 0.15) is 30.4 Å². The van der Waals surface area contributed by atoms with Crippen molar-refractivity contribution in [3.8, 4) is 5.75 Å². The van der Waals surface area contributed by atoms with Crippen molar-refractivity contribution in [3.63, 3.8) is 0 Å². The maximum absolute atomic E-state index is 13.1. The number of hydrogen-bond donors (Lipinski definition) is 4. The van der Waals surface area contributed by atoms with Crippen LogP contribution in [0.4, 0.5) is 28.8 Å². The third kappa shape index (κ3) is 5.11. The van der Waals surface area contributed by atoms with E-state index in [9.17, 15) is 24.5 Å². The quantitative estimate of drug-likeness (QED) is 0.296. The minimum atomic E-state index is -1.13. The number of nitro groups is 1. The van der Waals surface area contributed by atoms with Crippen LogP contribution in [0.5, 0.6) is 5.75 Å². The molecule has 0 spiro atoms. The molecule has 2 amide bonds. The first-order valence-electron chi connectivity index (χ1n) is 10.7. The van der Waals surface area contributed by atoms with Gasteiger partial charge in [0.2, 0.25) is 17.8 Å². The summed E-state index contributed by atoms with van der Waals surface area (Å²) < 4.78 is 5.42. The second kappa shape index (κ2) is 9.63. The van der Waals surface area contributed by atoms with E-state index >= 15 is 0 Å². The van der Waals surface area contributed by atoms with Crippen molar-refractivity contribution < 1.29 is 19.2 Å². The number of H-pyrrole nitrogens is 1. The van der Waals surface area contributed by atoms with E-state index in [2.05, 4.69) is 25.9 Å². The summed E-state index contributed by atoms with van der Waals surface area (Å²) in [4.78, 5) is 55.8. The van der Waals surface area contributed by atoms with Crippen LogP contribution < -0.4 is 26.2 Å². The number of benzene rings is 2. The molecule has 1 aromatic heterocycles. The van der Waals surface area contributed by atoms with Crippen molar-refractivity contribution in [2.45, 2.75) is 26.2 Å². The lowest BCUT2D eigenvalue weighted by molar-refractivity contribution is -0.384. The lowest BCUT2D eigenvalue weighted by Gasteiger charge is -2.24. The lowest BCUT2D eigenvalue weighted by atomic mass is 9.92. The normalized spacial score (nSPS) is 14.5. The number of nitrogens with one attached hydrogen (secondary N) is 4. The van der Waals surface area contributed by atoms with Crippen LogP contribution in [-0.4, -0.2) is 33.3 Å². The van der Waals surface area contributed by atoms with Gasteiger partial charge in [0, 0.05) is 18.2 Å². The molecule has 2 heterocycles. The van der Waals surface area contributed by atoms with Gasteiger partial charge < -0.3 is 20.7 Å². The number of carbonyl (C=O) groups excluding carboxylic acids is 2. The van der Waals surface area contributed by atoms with Crippen molar-refractivity contribution >= 4 is 40.6 Å². The number of rotatable bonds is 7. The molecular formula is C23H22N6O6. The first-order chi connectivity index (χ1) is 16.7. The van der Waals surface area contributed by atoms with Crippen molar-refractivity contribution in [2.24, 2.45) is 0 Å². The van der Waals surface area contributed by atoms with Crippen LogP contribution in [0.3, 0.4) is 0 Å². The Morgan fingerprint density at radius 2 is 1.97 bits per heavy atom. The van der Waals surface area contributed by atoms with Gasteiger partial charge in [-0.2, -0.15) is 4.98 Å². The minimum Gasteiger partial charge on any atom is -0.491 e. The van der Waals surface area contributed by atoms with Crippen LogP contribution in [0.15, 0.2) is 47.3 Å². The largest absolute Gasteiger partial charge is 0.491 e.